The molecule has 2 N–H and O–H groups in total. The molecule has 0 fully saturated rings. The monoisotopic (exact) mass is 337 g/mol. The smallest absolute Gasteiger partial charge is 0.335 e. The van der Waals surface area contributed by atoms with Gasteiger partial charge in [-0.15, -0.1) is 0 Å². The first-order valence-corrected chi connectivity index (χ1v) is 6.36. The number of hydrogen-bond donors (Lipinski definition) is 2. The van der Waals surface area contributed by atoms with Gasteiger partial charge < -0.3 is 10.4 Å². The summed E-state index contributed by atoms with van der Waals surface area (Å²) in [5.74, 6) is -2.15. The van der Waals surface area contributed by atoms with E-state index in [1.54, 1.807) is 6.07 Å². The van der Waals surface area contributed by atoms with Crippen molar-refractivity contribution in [1.29, 1.82) is 0 Å². The fourth-order valence-corrected chi connectivity index (χ4v) is 2.03. The highest BCUT2D eigenvalue weighted by Gasteiger charge is 2.12. The van der Waals surface area contributed by atoms with Gasteiger partial charge in [0.15, 0.2) is 0 Å². The van der Waals surface area contributed by atoms with Crippen LogP contribution in [0.1, 0.15) is 20.7 Å². The van der Waals surface area contributed by atoms with E-state index in [0.29, 0.717) is 10.2 Å². The molecule has 6 heteroatoms. The molecule has 0 spiro atoms. The number of amides is 1. The van der Waals surface area contributed by atoms with Crippen LogP contribution >= 0.6 is 15.9 Å². The minimum atomic E-state index is -1.09. The second-order valence-corrected chi connectivity index (χ2v) is 4.82. The normalized spacial score (nSPS) is 10.1. The summed E-state index contributed by atoms with van der Waals surface area (Å²) in [7, 11) is 0. The molecule has 0 radical (unpaired) electrons. The molecule has 0 saturated carbocycles. The average molecular weight is 338 g/mol. The van der Waals surface area contributed by atoms with E-state index in [2.05, 4.69) is 21.2 Å². The predicted molar refractivity (Wildman–Crippen MR) is 75.5 cm³/mol. The number of carbonyl (C=O) groups excluding carboxylic acids is 1. The lowest BCUT2D eigenvalue weighted by Gasteiger charge is -2.07. The summed E-state index contributed by atoms with van der Waals surface area (Å²) in [6, 6.07) is 9.56. The van der Waals surface area contributed by atoms with Crippen molar-refractivity contribution in [1.82, 2.24) is 0 Å². The highest BCUT2D eigenvalue weighted by atomic mass is 79.9. The molecule has 0 aliphatic heterocycles. The van der Waals surface area contributed by atoms with Crippen molar-refractivity contribution < 1.29 is 19.1 Å². The Morgan fingerprint density at radius 3 is 2.60 bits per heavy atom. The highest BCUT2D eigenvalue weighted by Crippen LogP contribution is 2.20. The fraction of sp³-hybridized carbons (Fsp3) is 0. The summed E-state index contributed by atoms with van der Waals surface area (Å²) in [6.45, 7) is 0. The summed E-state index contributed by atoms with van der Waals surface area (Å²) < 4.78 is 13.6. The predicted octanol–water partition coefficient (Wildman–Crippen LogP) is 3.54. The van der Waals surface area contributed by atoms with Crippen LogP contribution in [0, 0.1) is 5.82 Å². The van der Waals surface area contributed by atoms with E-state index < -0.39 is 17.7 Å². The molecule has 0 bridgehead atoms. The van der Waals surface area contributed by atoms with Crippen LogP contribution in [0.5, 0.6) is 0 Å². The molecule has 0 aromatic heterocycles. The number of carboxylic acids is 1. The molecule has 0 heterocycles. The number of carbonyl (C=O) groups is 2. The van der Waals surface area contributed by atoms with Crippen molar-refractivity contribution in [3.8, 4) is 0 Å². The molecule has 20 heavy (non-hydrogen) atoms. The van der Waals surface area contributed by atoms with Crippen LogP contribution in [-0.2, 0) is 0 Å². The molecule has 102 valence electrons. The number of nitrogens with one attached hydrogen (secondary N) is 1. The Labute approximate surface area is 122 Å². The number of hydrogen-bond acceptors (Lipinski definition) is 2. The van der Waals surface area contributed by atoms with Crippen molar-refractivity contribution >= 4 is 33.5 Å². The van der Waals surface area contributed by atoms with E-state index in [0.717, 1.165) is 6.07 Å². The van der Waals surface area contributed by atoms with Crippen LogP contribution in [0.25, 0.3) is 0 Å². The van der Waals surface area contributed by atoms with Crippen molar-refractivity contribution in [2.24, 2.45) is 0 Å². The summed E-state index contributed by atoms with van der Waals surface area (Å²) >= 11 is 3.16. The van der Waals surface area contributed by atoms with Crippen LogP contribution in [0.4, 0.5) is 10.1 Å². The molecule has 1 amide bonds. The second kappa shape index (κ2) is 5.83. The summed E-state index contributed by atoms with van der Waals surface area (Å²) in [5.41, 5.74) is 0.512. The first-order valence-electron chi connectivity index (χ1n) is 5.57. The van der Waals surface area contributed by atoms with Crippen molar-refractivity contribution in [3.05, 3.63) is 63.9 Å². The standard InChI is InChI=1S/C14H9BrFNO3/c15-12-5-4-9(16)7-11(12)13(18)17-10-3-1-2-8(6-10)14(19)20/h1-7H,(H,17,18)(H,19,20). The van der Waals surface area contributed by atoms with Gasteiger partial charge in [0.25, 0.3) is 5.91 Å². The molecule has 0 aliphatic carbocycles. The maximum atomic E-state index is 13.1. The van der Waals surface area contributed by atoms with Gasteiger partial charge in [0.2, 0.25) is 0 Å². The number of benzene rings is 2. The van der Waals surface area contributed by atoms with Gasteiger partial charge in [0.1, 0.15) is 5.82 Å². The lowest BCUT2D eigenvalue weighted by atomic mass is 10.1. The number of carboxylic acid groups (broad SMARTS) is 1. The molecule has 0 unspecified atom stereocenters. The van der Waals surface area contributed by atoms with E-state index >= 15 is 0 Å². The molecule has 4 nitrogen and oxygen atoms in total. The maximum Gasteiger partial charge on any atom is 0.335 e. The minimum Gasteiger partial charge on any atom is -0.478 e. The van der Waals surface area contributed by atoms with Gasteiger partial charge in [-0.05, 0) is 52.3 Å². The zero-order chi connectivity index (χ0) is 14.7. The van der Waals surface area contributed by atoms with E-state index in [4.69, 9.17) is 5.11 Å². The Morgan fingerprint density at radius 2 is 1.90 bits per heavy atom. The van der Waals surface area contributed by atoms with Gasteiger partial charge in [0, 0.05) is 10.2 Å². The van der Waals surface area contributed by atoms with E-state index in [1.807, 2.05) is 0 Å². The molecular weight excluding hydrogens is 329 g/mol. The fourth-order valence-electron chi connectivity index (χ4n) is 1.60. The third-order valence-electron chi connectivity index (χ3n) is 2.54. The van der Waals surface area contributed by atoms with Crippen molar-refractivity contribution in [3.63, 3.8) is 0 Å². The number of halogens is 2. The first kappa shape index (κ1) is 14.2. The minimum absolute atomic E-state index is 0.0566. The molecule has 0 saturated heterocycles. The Hall–Kier alpha value is -2.21. The summed E-state index contributed by atoms with van der Waals surface area (Å²) in [6.07, 6.45) is 0. The van der Waals surface area contributed by atoms with Gasteiger partial charge in [-0.3, -0.25) is 4.79 Å². The average Bonchev–Trinajstić information content (AvgIpc) is 2.41. The van der Waals surface area contributed by atoms with Crippen LogP contribution in [-0.4, -0.2) is 17.0 Å². The van der Waals surface area contributed by atoms with Crippen LogP contribution in [0.15, 0.2) is 46.9 Å². The van der Waals surface area contributed by atoms with Crippen LogP contribution in [0.2, 0.25) is 0 Å². The van der Waals surface area contributed by atoms with Crippen molar-refractivity contribution in [2.75, 3.05) is 5.32 Å². The zero-order valence-corrected chi connectivity index (χ0v) is 11.6. The molecular formula is C14H9BrFNO3. The highest BCUT2D eigenvalue weighted by molar-refractivity contribution is 9.10. The first-order chi connectivity index (χ1) is 9.47. The quantitative estimate of drug-likeness (QED) is 0.900. The lowest BCUT2D eigenvalue weighted by molar-refractivity contribution is 0.0696. The Kier molecular flexibility index (Phi) is 4.14. The number of anilines is 1. The maximum absolute atomic E-state index is 13.1. The van der Waals surface area contributed by atoms with E-state index in [1.165, 1.54) is 30.3 Å². The summed E-state index contributed by atoms with van der Waals surface area (Å²) in [5, 5.41) is 11.4. The Morgan fingerprint density at radius 1 is 1.15 bits per heavy atom. The largest absolute Gasteiger partial charge is 0.478 e. The third kappa shape index (κ3) is 3.21. The third-order valence-corrected chi connectivity index (χ3v) is 3.23. The van der Waals surface area contributed by atoms with Gasteiger partial charge in [0.05, 0.1) is 11.1 Å². The van der Waals surface area contributed by atoms with Crippen molar-refractivity contribution in [2.45, 2.75) is 0 Å². The van der Waals surface area contributed by atoms with E-state index in [-0.39, 0.29) is 11.1 Å². The van der Waals surface area contributed by atoms with Gasteiger partial charge >= 0.3 is 5.97 Å². The Bertz CT molecular complexity index is 688. The topological polar surface area (TPSA) is 66.4 Å². The van der Waals surface area contributed by atoms with E-state index in [9.17, 15) is 14.0 Å². The molecule has 0 atom stereocenters. The summed E-state index contributed by atoms with van der Waals surface area (Å²) in [4.78, 5) is 22.9. The molecule has 0 aliphatic rings. The Balaban J connectivity index is 2.25. The number of rotatable bonds is 3. The number of aromatic carboxylic acids is 1. The van der Waals surface area contributed by atoms with Gasteiger partial charge in [-0.2, -0.15) is 0 Å². The van der Waals surface area contributed by atoms with Gasteiger partial charge in [-0.25, -0.2) is 9.18 Å². The SMILES string of the molecule is O=C(O)c1cccc(NC(=O)c2cc(F)ccc2Br)c1. The molecule has 2 aromatic carbocycles. The molecule has 2 aromatic rings. The van der Waals surface area contributed by atoms with Crippen LogP contribution in [0.3, 0.4) is 0 Å². The van der Waals surface area contributed by atoms with Crippen LogP contribution < -0.4 is 5.32 Å². The molecule has 2 rings (SSSR count). The lowest BCUT2D eigenvalue weighted by Crippen LogP contribution is -2.13. The van der Waals surface area contributed by atoms with Gasteiger partial charge in [-0.1, -0.05) is 6.07 Å². The zero-order valence-electron chi connectivity index (χ0n) is 10.1. The second-order valence-electron chi connectivity index (χ2n) is 3.96.